The number of halogens is 1. The maximum Gasteiger partial charge on any atom is 0.255 e. The first-order valence-corrected chi connectivity index (χ1v) is 6.78. The Hall–Kier alpha value is -1.11. The number of phenols is 1. The molecule has 19 heavy (non-hydrogen) atoms. The molecule has 0 heterocycles. The predicted molar refractivity (Wildman–Crippen MR) is 77.5 cm³/mol. The Bertz CT molecular complexity index is 426. The van der Waals surface area contributed by atoms with Crippen LogP contribution in [-0.4, -0.2) is 56.3 Å². The highest BCUT2D eigenvalue weighted by atomic mass is 79.9. The van der Waals surface area contributed by atoms with Gasteiger partial charge in [0.05, 0.1) is 12.2 Å². The molecule has 6 heteroatoms. The molecule has 1 aromatic carbocycles. The zero-order chi connectivity index (χ0) is 14.3. The van der Waals surface area contributed by atoms with Gasteiger partial charge >= 0.3 is 0 Å². The summed E-state index contributed by atoms with van der Waals surface area (Å²) in [4.78, 5) is 13.9. The Kier molecular flexibility index (Phi) is 6.83. The van der Waals surface area contributed by atoms with Crippen molar-refractivity contribution >= 4 is 21.8 Å². The number of hydrogen-bond donors (Lipinski definition) is 2. The molecule has 0 saturated carbocycles. The summed E-state index contributed by atoms with van der Waals surface area (Å²) in [5, 5.41) is 12.4. The van der Waals surface area contributed by atoms with Crippen LogP contribution in [-0.2, 0) is 4.74 Å². The number of rotatable bonds is 7. The Balaban J connectivity index is 2.39. The Morgan fingerprint density at radius 3 is 2.84 bits per heavy atom. The van der Waals surface area contributed by atoms with Crippen LogP contribution in [0, 0.1) is 0 Å². The van der Waals surface area contributed by atoms with E-state index in [1.54, 1.807) is 19.2 Å². The maximum absolute atomic E-state index is 11.8. The topological polar surface area (TPSA) is 61.8 Å². The first-order valence-electron chi connectivity index (χ1n) is 5.98. The molecule has 0 aromatic heterocycles. The molecule has 0 saturated heterocycles. The molecule has 1 amide bonds. The second kappa shape index (κ2) is 8.14. The van der Waals surface area contributed by atoms with Crippen molar-refractivity contribution in [3.8, 4) is 5.75 Å². The molecule has 0 aliphatic carbocycles. The van der Waals surface area contributed by atoms with E-state index in [0.717, 1.165) is 17.6 Å². The summed E-state index contributed by atoms with van der Waals surface area (Å²) >= 11 is 3.23. The van der Waals surface area contributed by atoms with Gasteiger partial charge in [0, 0.05) is 31.2 Å². The number of hydrogen-bond acceptors (Lipinski definition) is 4. The van der Waals surface area contributed by atoms with Crippen molar-refractivity contribution in [2.45, 2.75) is 0 Å². The van der Waals surface area contributed by atoms with Gasteiger partial charge in [-0.15, -0.1) is 0 Å². The largest absolute Gasteiger partial charge is 0.507 e. The molecule has 0 aliphatic rings. The molecule has 2 N–H and O–H groups in total. The lowest BCUT2D eigenvalue weighted by Gasteiger charge is -2.16. The van der Waals surface area contributed by atoms with E-state index in [1.807, 2.05) is 7.05 Å². The van der Waals surface area contributed by atoms with Gasteiger partial charge < -0.3 is 20.1 Å². The van der Waals surface area contributed by atoms with Crippen LogP contribution in [0.15, 0.2) is 22.7 Å². The number of phenolic OH excluding ortho intramolecular Hbond substituents is 1. The van der Waals surface area contributed by atoms with Crippen molar-refractivity contribution < 1.29 is 14.6 Å². The quantitative estimate of drug-likeness (QED) is 0.794. The van der Waals surface area contributed by atoms with Crippen LogP contribution in [0.5, 0.6) is 5.75 Å². The van der Waals surface area contributed by atoms with Crippen molar-refractivity contribution in [1.82, 2.24) is 10.2 Å². The number of aromatic hydroxyl groups is 1. The third-order valence-corrected chi connectivity index (χ3v) is 3.15. The molecule has 0 fully saturated rings. The zero-order valence-electron chi connectivity index (χ0n) is 11.1. The summed E-state index contributed by atoms with van der Waals surface area (Å²) in [6.07, 6.45) is 0. The summed E-state index contributed by atoms with van der Waals surface area (Å²) in [6, 6.07) is 4.81. The minimum Gasteiger partial charge on any atom is -0.507 e. The number of carbonyl (C=O) groups excluding carboxylic acids is 1. The fourth-order valence-corrected chi connectivity index (χ4v) is 1.86. The van der Waals surface area contributed by atoms with Crippen molar-refractivity contribution in [1.29, 1.82) is 0 Å². The first-order chi connectivity index (χ1) is 9.04. The second-order valence-electron chi connectivity index (χ2n) is 4.21. The maximum atomic E-state index is 11.8. The molecule has 0 unspecified atom stereocenters. The number of methoxy groups -OCH3 is 1. The van der Waals surface area contributed by atoms with E-state index in [2.05, 4.69) is 26.1 Å². The normalized spacial score (nSPS) is 10.7. The highest BCUT2D eigenvalue weighted by molar-refractivity contribution is 9.10. The van der Waals surface area contributed by atoms with Crippen LogP contribution in [0.1, 0.15) is 10.4 Å². The summed E-state index contributed by atoms with van der Waals surface area (Å²) in [5.41, 5.74) is 0.280. The molecular weight excluding hydrogens is 312 g/mol. The van der Waals surface area contributed by atoms with Crippen molar-refractivity contribution in [3.05, 3.63) is 28.2 Å². The lowest BCUT2D eigenvalue weighted by molar-refractivity contribution is 0.0945. The van der Waals surface area contributed by atoms with Crippen LogP contribution in [0.4, 0.5) is 0 Å². The Labute approximate surface area is 121 Å². The molecule has 0 aliphatic heterocycles. The minimum atomic E-state index is -0.273. The zero-order valence-corrected chi connectivity index (χ0v) is 12.7. The molecule has 5 nitrogen and oxygen atoms in total. The van der Waals surface area contributed by atoms with Gasteiger partial charge in [0.25, 0.3) is 5.91 Å². The third-order valence-electron chi connectivity index (χ3n) is 2.66. The lowest BCUT2D eigenvalue weighted by Crippen LogP contribution is -2.34. The average Bonchev–Trinajstić information content (AvgIpc) is 2.36. The summed E-state index contributed by atoms with van der Waals surface area (Å²) in [7, 11) is 3.62. The minimum absolute atomic E-state index is 0.0281. The van der Waals surface area contributed by atoms with E-state index in [1.165, 1.54) is 6.07 Å². The van der Waals surface area contributed by atoms with Crippen molar-refractivity contribution in [2.24, 2.45) is 0 Å². The Morgan fingerprint density at radius 1 is 1.47 bits per heavy atom. The summed E-state index contributed by atoms with van der Waals surface area (Å²) in [5.74, 6) is -0.301. The average molecular weight is 331 g/mol. The van der Waals surface area contributed by atoms with E-state index in [9.17, 15) is 9.90 Å². The number of benzene rings is 1. The van der Waals surface area contributed by atoms with Crippen molar-refractivity contribution in [3.63, 3.8) is 0 Å². The van der Waals surface area contributed by atoms with Gasteiger partial charge in [0.1, 0.15) is 5.75 Å². The second-order valence-corrected chi connectivity index (χ2v) is 5.13. The first kappa shape index (κ1) is 15.9. The fraction of sp³-hybridized carbons (Fsp3) is 0.462. The third kappa shape index (κ3) is 5.59. The van der Waals surface area contributed by atoms with E-state index in [4.69, 9.17) is 4.74 Å². The van der Waals surface area contributed by atoms with Gasteiger partial charge in [-0.2, -0.15) is 0 Å². The van der Waals surface area contributed by atoms with Gasteiger partial charge in [-0.25, -0.2) is 0 Å². The number of nitrogens with zero attached hydrogens (tertiary/aromatic N) is 1. The number of ether oxygens (including phenoxy) is 1. The summed E-state index contributed by atoms with van der Waals surface area (Å²) in [6.45, 7) is 2.73. The fourth-order valence-electron chi connectivity index (χ4n) is 1.51. The molecule has 0 atom stereocenters. The van der Waals surface area contributed by atoms with Gasteiger partial charge in [-0.3, -0.25) is 4.79 Å². The highest BCUT2D eigenvalue weighted by Gasteiger charge is 2.10. The lowest BCUT2D eigenvalue weighted by atomic mass is 10.2. The number of carbonyl (C=O) groups is 1. The van der Waals surface area contributed by atoms with Gasteiger partial charge in [-0.1, -0.05) is 15.9 Å². The standard InChI is InChI=1S/C13H19BrN2O3/c1-16(7-8-19-2)6-5-15-13(18)11-4-3-10(14)9-12(11)17/h3-4,9,17H,5-8H2,1-2H3,(H,15,18). The van der Waals surface area contributed by atoms with Crippen LogP contribution in [0.2, 0.25) is 0 Å². The number of nitrogens with one attached hydrogen (secondary N) is 1. The van der Waals surface area contributed by atoms with Crippen LogP contribution in [0.25, 0.3) is 0 Å². The molecule has 0 spiro atoms. The molecule has 0 bridgehead atoms. The van der Waals surface area contributed by atoms with Crippen LogP contribution < -0.4 is 5.32 Å². The van der Waals surface area contributed by atoms with E-state index >= 15 is 0 Å². The molecule has 0 radical (unpaired) electrons. The summed E-state index contributed by atoms with van der Waals surface area (Å²) < 4.78 is 5.71. The molecule has 1 rings (SSSR count). The van der Waals surface area contributed by atoms with E-state index in [0.29, 0.717) is 13.2 Å². The van der Waals surface area contributed by atoms with Crippen molar-refractivity contribution in [2.75, 3.05) is 40.4 Å². The van der Waals surface area contributed by atoms with Crippen LogP contribution >= 0.6 is 15.9 Å². The SMILES string of the molecule is COCCN(C)CCNC(=O)c1ccc(Br)cc1O. The molecule has 106 valence electrons. The number of likely N-dealkylation sites (N-methyl/N-ethyl adjacent to an activating group) is 1. The smallest absolute Gasteiger partial charge is 0.255 e. The monoisotopic (exact) mass is 330 g/mol. The molecular formula is C13H19BrN2O3. The highest BCUT2D eigenvalue weighted by Crippen LogP contribution is 2.21. The number of amides is 1. The van der Waals surface area contributed by atoms with Gasteiger partial charge in [0.15, 0.2) is 0 Å². The van der Waals surface area contributed by atoms with E-state index in [-0.39, 0.29) is 17.2 Å². The predicted octanol–water partition coefficient (Wildman–Crippen LogP) is 1.46. The van der Waals surface area contributed by atoms with Crippen LogP contribution in [0.3, 0.4) is 0 Å². The Morgan fingerprint density at radius 2 is 2.21 bits per heavy atom. The van der Waals surface area contributed by atoms with Gasteiger partial charge in [0.2, 0.25) is 0 Å². The van der Waals surface area contributed by atoms with E-state index < -0.39 is 0 Å². The molecule has 1 aromatic rings. The van der Waals surface area contributed by atoms with Gasteiger partial charge in [-0.05, 0) is 25.2 Å².